The number of amides is 2. The molecule has 0 unspecified atom stereocenters. The molecule has 2 N–H and O–H groups in total. The number of carbonyl (C=O) groups is 2. The van der Waals surface area contributed by atoms with Crippen LogP contribution in [0.25, 0.3) is 10.8 Å². The summed E-state index contributed by atoms with van der Waals surface area (Å²) < 4.78 is 0. The predicted molar refractivity (Wildman–Crippen MR) is 99.5 cm³/mol. The summed E-state index contributed by atoms with van der Waals surface area (Å²) >= 11 is 0. The highest BCUT2D eigenvalue weighted by atomic mass is 16.2. The second-order valence-electron chi connectivity index (χ2n) is 6.80. The molecule has 1 heterocycles. The summed E-state index contributed by atoms with van der Waals surface area (Å²) in [6, 6.07) is 13.4. The van der Waals surface area contributed by atoms with E-state index in [0.717, 1.165) is 36.7 Å². The van der Waals surface area contributed by atoms with Crippen molar-refractivity contribution < 1.29 is 9.59 Å². The third kappa shape index (κ3) is 4.79. The van der Waals surface area contributed by atoms with Crippen molar-refractivity contribution in [3.05, 3.63) is 48.0 Å². The van der Waals surface area contributed by atoms with E-state index in [1.807, 2.05) is 36.4 Å². The molecular formula is C20H25N3O2. The fourth-order valence-electron chi connectivity index (χ4n) is 3.18. The first-order valence-electron chi connectivity index (χ1n) is 8.84. The smallest absolute Gasteiger partial charge is 0.251 e. The monoisotopic (exact) mass is 339 g/mol. The highest BCUT2D eigenvalue weighted by Gasteiger charge is 2.17. The van der Waals surface area contributed by atoms with Crippen LogP contribution >= 0.6 is 0 Å². The van der Waals surface area contributed by atoms with Crippen LogP contribution < -0.4 is 10.6 Å². The van der Waals surface area contributed by atoms with E-state index in [1.165, 1.54) is 0 Å². The lowest BCUT2D eigenvalue weighted by Crippen LogP contribution is -2.41. The van der Waals surface area contributed by atoms with Crippen molar-refractivity contribution in [1.82, 2.24) is 15.5 Å². The number of likely N-dealkylation sites (tertiary alicyclic amines) is 1. The Morgan fingerprint density at radius 2 is 1.76 bits per heavy atom. The van der Waals surface area contributed by atoms with Gasteiger partial charge < -0.3 is 15.5 Å². The van der Waals surface area contributed by atoms with Gasteiger partial charge in [-0.2, -0.15) is 0 Å². The Kier molecular flexibility index (Phi) is 5.66. The summed E-state index contributed by atoms with van der Waals surface area (Å²) in [6.07, 6.45) is 2.22. The molecule has 132 valence electrons. The van der Waals surface area contributed by atoms with Crippen LogP contribution in [0.15, 0.2) is 42.5 Å². The number of carbonyl (C=O) groups excluding carboxylic acids is 2. The fourth-order valence-corrected chi connectivity index (χ4v) is 3.18. The lowest BCUT2D eigenvalue weighted by Gasteiger charge is -2.28. The van der Waals surface area contributed by atoms with Crippen molar-refractivity contribution in [1.29, 1.82) is 0 Å². The van der Waals surface area contributed by atoms with Crippen molar-refractivity contribution in [2.75, 3.05) is 33.2 Å². The second kappa shape index (κ2) is 8.12. The summed E-state index contributed by atoms with van der Waals surface area (Å²) in [4.78, 5) is 26.5. The Hall–Kier alpha value is -2.40. The van der Waals surface area contributed by atoms with Crippen molar-refractivity contribution in [3.8, 4) is 0 Å². The van der Waals surface area contributed by atoms with Gasteiger partial charge in [-0.05, 0) is 61.8 Å². The first-order chi connectivity index (χ1) is 12.1. The van der Waals surface area contributed by atoms with Gasteiger partial charge in [0.15, 0.2) is 0 Å². The molecule has 25 heavy (non-hydrogen) atoms. The number of benzene rings is 2. The summed E-state index contributed by atoms with van der Waals surface area (Å²) in [5.41, 5.74) is 0.571. The van der Waals surface area contributed by atoms with Gasteiger partial charge in [-0.15, -0.1) is 0 Å². The van der Waals surface area contributed by atoms with Gasteiger partial charge in [0, 0.05) is 12.1 Å². The maximum absolute atomic E-state index is 12.2. The highest BCUT2D eigenvalue weighted by molar-refractivity contribution is 5.99. The molecule has 1 saturated heterocycles. The van der Waals surface area contributed by atoms with Gasteiger partial charge in [-0.25, -0.2) is 0 Å². The molecule has 0 aliphatic carbocycles. The molecule has 0 aromatic heterocycles. The first kappa shape index (κ1) is 17.4. The molecule has 1 aliphatic rings. The largest absolute Gasteiger partial charge is 0.354 e. The molecule has 0 atom stereocenters. The Labute approximate surface area is 148 Å². The SMILES string of the molecule is CN1CCC(CNC(=O)CNC(=O)c2ccc3ccccc3c2)CC1. The van der Waals surface area contributed by atoms with Crippen LogP contribution in [0.4, 0.5) is 0 Å². The highest BCUT2D eigenvalue weighted by Crippen LogP contribution is 2.16. The third-order valence-corrected chi connectivity index (χ3v) is 4.85. The molecule has 3 rings (SSSR count). The third-order valence-electron chi connectivity index (χ3n) is 4.85. The number of hydrogen-bond acceptors (Lipinski definition) is 3. The normalized spacial score (nSPS) is 15.9. The van der Waals surface area contributed by atoms with Crippen LogP contribution in [0.2, 0.25) is 0 Å². The van der Waals surface area contributed by atoms with E-state index < -0.39 is 0 Å². The molecule has 0 spiro atoms. The standard InChI is InChI=1S/C20H25N3O2/c1-23-10-8-15(9-11-23)13-21-19(24)14-22-20(25)18-7-6-16-4-2-3-5-17(16)12-18/h2-7,12,15H,8-11,13-14H2,1H3,(H,21,24)(H,22,25). The van der Waals surface area contributed by atoms with E-state index in [-0.39, 0.29) is 18.4 Å². The van der Waals surface area contributed by atoms with Gasteiger partial charge in [0.25, 0.3) is 5.91 Å². The van der Waals surface area contributed by atoms with Crippen LogP contribution in [-0.2, 0) is 4.79 Å². The van der Waals surface area contributed by atoms with Gasteiger partial charge in [0.05, 0.1) is 6.54 Å². The van der Waals surface area contributed by atoms with Crippen molar-refractivity contribution >= 4 is 22.6 Å². The molecule has 1 aliphatic heterocycles. The Morgan fingerprint density at radius 3 is 2.52 bits per heavy atom. The zero-order valence-corrected chi connectivity index (χ0v) is 14.6. The summed E-state index contributed by atoms with van der Waals surface area (Å²) in [5.74, 6) is 0.185. The van der Waals surface area contributed by atoms with Gasteiger partial charge >= 0.3 is 0 Å². The van der Waals surface area contributed by atoms with Gasteiger partial charge in [0.2, 0.25) is 5.91 Å². The van der Waals surface area contributed by atoms with Crippen molar-refractivity contribution in [2.24, 2.45) is 5.92 Å². The molecule has 0 bridgehead atoms. The molecule has 5 heteroatoms. The molecule has 5 nitrogen and oxygen atoms in total. The number of nitrogens with one attached hydrogen (secondary N) is 2. The maximum atomic E-state index is 12.2. The van der Waals surface area contributed by atoms with Gasteiger partial charge in [-0.3, -0.25) is 9.59 Å². The van der Waals surface area contributed by atoms with Crippen LogP contribution in [-0.4, -0.2) is 49.9 Å². The summed E-state index contributed by atoms with van der Waals surface area (Å²) in [5, 5.41) is 7.74. The van der Waals surface area contributed by atoms with Crippen LogP contribution in [0.5, 0.6) is 0 Å². The minimum atomic E-state index is -0.222. The number of rotatable bonds is 5. The van der Waals surface area contributed by atoms with E-state index in [1.54, 1.807) is 6.07 Å². The number of hydrogen-bond donors (Lipinski definition) is 2. The molecular weight excluding hydrogens is 314 g/mol. The number of nitrogens with zero attached hydrogens (tertiary/aromatic N) is 1. The first-order valence-corrected chi connectivity index (χ1v) is 8.84. The second-order valence-corrected chi connectivity index (χ2v) is 6.80. The Bertz CT molecular complexity index is 751. The van der Waals surface area contributed by atoms with Gasteiger partial charge in [-0.1, -0.05) is 30.3 Å². The molecule has 2 aromatic carbocycles. The average Bonchev–Trinajstić information content (AvgIpc) is 2.65. The maximum Gasteiger partial charge on any atom is 0.251 e. The Balaban J connectivity index is 1.45. The van der Waals surface area contributed by atoms with E-state index in [4.69, 9.17) is 0 Å². The van der Waals surface area contributed by atoms with E-state index in [2.05, 4.69) is 22.6 Å². The van der Waals surface area contributed by atoms with Crippen LogP contribution in [0, 0.1) is 5.92 Å². The summed E-state index contributed by atoms with van der Waals surface area (Å²) in [6.45, 7) is 2.87. The van der Waals surface area contributed by atoms with Crippen molar-refractivity contribution in [2.45, 2.75) is 12.8 Å². The Morgan fingerprint density at radius 1 is 1.04 bits per heavy atom. The summed E-state index contributed by atoms with van der Waals surface area (Å²) in [7, 11) is 2.12. The zero-order valence-electron chi connectivity index (χ0n) is 14.6. The minimum absolute atomic E-state index is 0.0122. The molecule has 0 radical (unpaired) electrons. The minimum Gasteiger partial charge on any atom is -0.354 e. The van der Waals surface area contributed by atoms with E-state index in [9.17, 15) is 9.59 Å². The quantitative estimate of drug-likeness (QED) is 0.876. The van der Waals surface area contributed by atoms with E-state index in [0.29, 0.717) is 18.0 Å². The van der Waals surface area contributed by atoms with Crippen LogP contribution in [0.1, 0.15) is 23.2 Å². The molecule has 1 fully saturated rings. The fraction of sp³-hybridized carbons (Fsp3) is 0.400. The van der Waals surface area contributed by atoms with Crippen molar-refractivity contribution in [3.63, 3.8) is 0 Å². The molecule has 2 amide bonds. The average molecular weight is 339 g/mol. The topological polar surface area (TPSA) is 61.4 Å². The molecule has 0 saturated carbocycles. The zero-order chi connectivity index (χ0) is 17.6. The van der Waals surface area contributed by atoms with E-state index >= 15 is 0 Å². The molecule has 2 aromatic rings. The van der Waals surface area contributed by atoms with Crippen LogP contribution in [0.3, 0.4) is 0 Å². The number of fused-ring (bicyclic) bond motifs is 1. The lowest BCUT2D eigenvalue weighted by molar-refractivity contribution is -0.120. The number of piperidine rings is 1. The van der Waals surface area contributed by atoms with Gasteiger partial charge in [0.1, 0.15) is 0 Å². The lowest BCUT2D eigenvalue weighted by atomic mass is 9.97. The predicted octanol–water partition coefficient (Wildman–Crippen LogP) is 2.03.